The van der Waals surface area contributed by atoms with Gasteiger partial charge in [-0.3, -0.25) is 9.69 Å². The molecule has 2 heterocycles. The number of benzene rings is 3. The van der Waals surface area contributed by atoms with E-state index < -0.39 is 16.7 Å². The number of urea groups is 1. The van der Waals surface area contributed by atoms with Crippen molar-refractivity contribution < 1.29 is 18.7 Å². The summed E-state index contributed by atoms with van der Waals surface area (Å²) in [6, 6.07) is 19.1. The number of anilines is 2. The van der Waals surface area contributed by atoms with Crippen LogP contribution in [0.2, 0.25) is 0 Å². The number of halogens is 1. The second-order valence-electron chi connectivity index (χ2n) is 10.3. The number of amides is 3. The predicted molar refractivity (Wildman–Crippen MR) is 146 cm³/mol. The van der Waals surface area contributed by atoms with Crippen LogP contribution in [0.3, 0.4) is 0 Å². The molecule has 5 rings (SSSR count). The van der Waals surface area contributed by atoms with E-state index in [1.807, 2.05) is 18.2 Å². The molecular formula is C29H30FN3O3S. The molecule has 1 fully saturated rings. The van der Waals surface area contributed by atoms with Crippen LogP contribution in [0, 0.1) is 5.82 Å². The number of thioether (sulfide) groups is 1. The molecular weight excluding hydrogens is 489 g/mol. The summed E-state index contributed by atoms with van der Waals surface area (Å²) >= 11 is 1.44. The van der Waals surface area contributed by atoms with E-state index in [4.69, 9.17) is 4.74 Å². The Bertz CT molecular complexity index is 1360. The maximum atomic E-state index is 14.2. The average molecular weight is 520 g/mol. The van der Waals surface area contributed by atoms with Crippen LogP contribution in [-0.2, 0) is 21.6 Å². The van der Waals surface area contributed by atoms with E-state index >= 15 is 0 Å². The van der Waals surface area contributed by atoms with Gasteiger partial charge in [0.1, 0.15) is 11.6 Å². The molecule has 1 atom stereocenters. The number of carbonyl (C=O) groups excluding carboxylic acids is 2. The van der Waals surface area contributed by atoms with E-state index in [0.717, 1.165) is 16.8 Å². The third-order valence-corrected chi connectivity index (χ3v) is 8.30. The minimum Gasteiger partial charge on any atom is -0.497 e. The molecule has 2 aliphatic heterocycles. The van der Waals surface area contributed by atoms with Gasteiger partial charge in [-0.1, -0.05) is 51.1 Å². The average Bonchev–Trinajstić information content (AvgIpc) is 3.41. The molecule has 3 amide bonds. The van der Waals surface area contributed by atoms with Crippen molar-refractivity contribution in [1.82, 2.24) is 4.90 Å². The minimum atomic E-state index is -1.23. The summed E-state index contributed by atoms with van der Waals surface area (Å²) in [4.78, 5) is 29.8. The van der Waals surface area contributed by atoms with Gasteiger partial charge >= 0.3 is 6.03 Å². The van der Waals surface area contributed by atoms with Gasteiger partial charge in [0, 0.05) is 23.5 Å². The van der Waals surface area contributed by atoms with E-state index in [2.05, 4.69) is 50.4 Å². The van der Waals surface area contributed by atoms with Crippen molar-refractivity contribution in [2.45, 2.75) is 37.6 Å². The molecule has 2 aliphatic rings. The number of hydrogen-bond donors (Lipinski definition) is 1. The highest BCUT2D eigenvalue weighted by Crippen LogP contribution is 2.55. The first kappa shape index (κ1) is 25.1. The highest BCUT2D eigenvalue weighted by atomic mass is 32.2. The molecule has 6 nitrogen and oxygen atoms in total. The van der Waals surface area contributed by atoms with Crippen molar-refractivity contribution in [2.75, 3.05) is 29.6 Å². The van der Waals surface area contributed by atoms with E-state index in [0.29, 0.717) is 30.3 Å². The van der Waals surface area contributed by atoms with E-state index in [-0.39, 0.29) is 11.3 Å². The number of methoxy groups -OCH3 is 1. The summed E-state index contributed by atoms with van der Waals surface area (Å²) in [5.74, 6) is 0.583. The van der Waals surface area contributed by atoms with Crippen molar-refractivity contribution in [3.05, 3.63) is 89.2 Å². The molecule has 1 saturated heterocycles. The number of carbonyl (C=O) groups is 2. The fourth-order valence-electron chi connectivity index (χ4n) is 4.93. The molecule has 8 heteroatoms. The van der Waals surface area contributed by atoms with Crippen molar-refractivity contribution in [3.8, 4) is 5.75 Å². The second-order valence-corrected chi connectivity index (χ2v) is 11.6. The molecule has 3 aromatic carbocycles. The Hall–Kier alpha value is -3.52. The van der Waals surface area contributed by atoms with Gasteiger partial charge in [-0.05, 0) is 52.9 Å². The summed E-state index contributed by atoms with van der Waals surface area (Å²) in [6.07, 6.45) is 0. The molecule has 0 aromatic heterocycles. The van der Waals surface area contributed by atoms with Crippen molar-refractivity contribution in [1.29, 1.82) is 0 Å². The standard InChI is InChI=1S/C29H30FN3O3S/c1-28(2,3)20-10-8-19(9-11-20)18-32-25-13-12-23(36-4)17-24(25)29(26(32)34)33(14-15-37-29)27(35)31-22-7-5-6-21(30)16-22/h5-13,16-17H,14-15,18H2,1-4H3,(H,31,35)/t29-/m0/s1. The van der Waals surface area contributed by atoms with E-state index in [1.165, 1.54) is 35.5 Å². The summed E-state index contributed by atoms with van der Waals surface area (Å²) < 4.78 is 19.2. The maximum absolute atomic E-state index is 14.2. The number of hydrogen-bond acceptors (Lipinski definition) is 4. The van der Waals surface area contributed by atoms with E-state index in [9.17, 15) is 14.0 Å². The van der Waals surface area contributed by atoms with Crippen LogP contribution in [0.1, 0.15) is 37.5 Å². The summed E-state index contributed by atoms with van der Waals surface area (Å²) in [7, 11) is 1.58. The molecule has 37 heavy (non-hydrogen) atoms. The number of ether oxygens (including phenoxy) is 1. The fraction of sp³-hybridized carbons (Fsp3) is 0.310. The lowest BCUT2D eigenvalue weighted by Gasteiger charge is -2.33. The highest BCUT2D eigenvalue weighted by Gasteiger charge is 2.59. The Balaban J connectivity index is 1.51. The van der Waals surface area contributed by atoms with Crippen LogP contribution < -0.4 is 15.0 Å². The van der Waals surface area contributed by atoms with Gasteiger partial charge in [0.15, 0.2) is 4.87 Å². The Kier molecular flexibility index (Phi) is 6.40. The molecule has 0 unspecified atom stereocenters. The predicted octanol–water partition coefficient (Wildman–Crippen LogP) is 6.11. The lowest BCUT2D eigenvalue weighted by molar-refractivity contribution is -0.123. The third-order valence-electron chi connectivity index (χ3n) is 6.88. The SMILES string of the molecule is COc1ccc2c(c1)[C@]1(SCCN1C(=O)Nc1cccc(F)c1)C(=O)N2Cc1ccc(C(C)(C)C)cc1. The number of rotatable bonds is 4. The molecule has 3 aromatic rings. The topological polar surface area (TPSA) is 61.9 Å². The molecule has 192 valence electrons. The largest absolute Gasteiger partial charge is 0.497 e. The Morgan fingerprint density at radius 3 is 2.54 bits per heavy atom. The third kappa shape index (κ3) is 4.44. The summed E-state index contributed by atoms with van der Waals surface area (Å²) in [6.45, 7) is 7.26. The van der Waals surface area contributed by atoms with Gasteiger partial charge in [-0.25, -0.2) is 9.18 Å². The van der Waals surface area contributed by atoms with E-state index in [1.54, 1.807) is 23.0 Å². The number of nitrogens with zero attached hydrogens (tertiary/aromatic N) is 2. The number of nitrogens with one attached hydrogen (secondary N) is 1. The highest BCUT2D eigenvalue weighted by molar-refractivity contribution is 8.01. The first-order chi connectivity index (χ1) is 17.6. The van der Waals surface area contributed by atoms with Crippen molar-refractivity contribution >= 4 is 35.1 Å². The Labute approximate surface area is 220 Å². The molecule has 1 spiro atoms. The first-order valence-electron chi connectivity index (χ1n) is 12.2. The lowest BCUT2D eigenvalue weighted by atomic mass is 9.87. The van der Waals surface area contributed by atoms with Gasteiger partial charge in [-0.15, -0.1) is 11.8 Å². The smallest absolute Gasteiger partial charge is 0.323 e. The van der Waals surface area contributed by atoms with Crippen LogP contribution in [0.15, 0.2) is 66.7 Å². The maximum Gasteiger partial charge on any atom is 0.323 e. The monoisotopic (exact) mass is 519 g/mol. The molecule has 0 saturated carbocycles. The fourth-order valence-corrected chi connectivity index (χ4v) is 6.38. The quantitative estimate of drug-likeness (QED) is 0.452. The molecule has 1 N–H and O–H groups in total. The van der Waals surface area contributed by atoms with Crippen LogP contribution >= 0.6 is 11.8 Å². The van der Waals surface area contributed by atoms with Gasteiger partial charge < -0.3 is 15.0 Å². The zero-order valence-electron chi connectivity index (χ0n) is 21.4. The van der Waals surface area contributed by atoms with Crippen molar-refractivity contribution in [2.24, 2.45) is 0 Å². The summed E-state index contributed by atoms with van der Waals surface area (Å²) in [5, 5.41) is 2.77. The molecule has 0 radical (unpaired) electrons. The molecule has 0 bridgehead atoms. The summed E-state index contributed by atoms with van der Waals surface area (Å²) in [5.41, 5.74) is 4.06. The van der Waals surface area contributed by atoms with Crippen LogP contribution in [-0.4, -0.2) is 36.2 Å². The van der Waals surface area contributed by atoms with Gasteiger partial charge in [0.05, 0.1) is 19.3 Å². The van der Waals surface area contributed by atoms with Gasteiger partial charge in [0.2, 0.25) is 0 Å². The molecule has 0 aliphatic carbocycles. The van der Waals surface area contributed by atoms with Crippen molar-refractivity contribution in [3.63, 3.8) is 0 Å². The Morgan fingerprint density at radius 2 is 1.86 bits per heavy atom. The second kappa shape index (κ2) is 9.41. The van der Waals surface area contributed by atoms with Crippen LogP contribution in [0.25, 0.3) is 0 Å². The zero-order chi connectivity index (χ0) is 26.4. The lowest BCUT2D eigenvalue weighted by Crippen LogP contribution is -2.51. The van der Waals surface area contributed by atoms with Crippen LogP contribution in [0.4, 0.5) is 20.6 Å². The van der Waals surface area contributed by atoms with Crippen LogP contribution in [0.5, 0.6) is 5.75 Å². The number of fused-ring (bicyclic) bond motifs is 2. The normalized spacial score (nSPS) is 18.9. The van der Waals surface area contributed by atoms with Gasteiger partial charge in [-0.2, -0.15) is 0 Å². The first-order valence-corrected chi connectivity index (χ1v) is 13.2. The minimum absolute atomic E-state index is 0.0330. The van der Waals surface area contributed by atoms with Gasteiger partial charge in [0.25, 0.3) is 5.91 Å². The zero-order valence-corrected chi connectivity index (χ0v) is 22.2. The Morgan fingerprint density at radius 1 is 1.11 bits per heavy atom.